The summed E-state index contributed by atoms with van der Waals surface area (Å²) in [4.78, 5) is 14.5. The van der Waals surface area contributed by atoms with Crippen LogP contribution >= 0.6 is 22.9 Å². The third-order valence-electron chi connectivity index (χ3n) is 7.25. The maximum atomic E-state index is 13.4. The predicted octanol–water partition coefficient (Wildman–Crippen LogP) is 8.72. The SMILES string of the molecule is CC(C)(C)[Si](C)(C)OCCc1ccc(Cl)cc1C(=O)c1csc(CO[Si](C)(C)C(C)(C)C)c1. The Labute approximate surface area is 212 Å². The molecule has 33 heavy (non-hydrogen) atoms. The zero-order valence-corrected chi connectivity index (χ0v) is 25.6. The van der Waals surface area contributed by atoms with Gasteiger partial charge in [-0.05, 0) is 66.4 Å². The normalized spacial score (nSPS) is 13.4. The second-order valence-electron chi connectivity index (χ2n) is 11.8. The minimum absolute atomic E-state index is 0.00894. The van der Waals surface area contributed by atoms with E-state index in [4.69, 9.17) is 20.5 Å². The van der Waals surface area contributed by atoms with Crippen molar-refractivity contribution in [2.75, 3.05) is 6.61 Å². The average Bonchev–Trinajstić information content (AvgIpc) is 3.14. The van der Waals surface area contributed by atoms with E-state index in [9.17, 15) is 4.79 Å². The molecule has 0 saturated heterocycles. The van der Waals surface area contributed by atoms with Gasteiger partial charge in [0.2, 0.25) is 0 Å². The Morgan fingerprint density at radius 1 is 0.939 bits per heavy atom. The Kier molecular flexibility index (Phi) is 9.03. The lowest BCUT2D eigenvalue weighted by atomic mass is 9.98. The fraction of sp³-hybridized carbons (Fsp3) is 0.577. The van der Waals surface area contributed by atoms with Crippen LogP contribution in [0.25, 0.3) is 0 Å². The highest BCUT2D eigenvalue weighted by Crippen LogP contribution is 2.38. The number of hydrogen-bond acceptors (Lipinski definition) is 4. The molecule has 2 rings (SSSR count). The van der Waals surface area contributed by atoms with Crippen molar-refractivity contribution in [3.8, 4) is 0 Å². The van der Waals surface area contributed by atoms with Crippen LogP contribution in [0.3, 0.4) is 0 Å². The summed E-state index contributed by atoms with van der Waals surface area (Å²) in [7, 11) is -3.67. The van der Waals surface area contributed by atoms with Crippen LogP contribution in [-0.2, 0) is 21.9 Å². The van der Waals surface area contributed by atoms with E-state index in [2.05, 4.69) is 67.7 Å². The van der Waals surface area contributed by atoms with Gasteiger partial charge in [-0.25, -0.2) is 0 Å². The van der Waals surface area contributed by atoms with E-state index in [1.165, 1.54) is 0 Å². The highest BCUT2D eigenvalue weighted by Gasteiger charge is 2.38. The molecule has 0 fully saturated rings. The Hall–Kier alpha value is -0.766. The van der Waals surface area contributed by atoms with E-state index in [1.54, 1.807) is 17.4 Å². The Morgan fingerprint density at radius 2 is 1.52 bits per heavy atom. The third-order valence-corrected chi connectivity index (χ3v) is 17.4. The van der Waals surface area contributed by atoms with E-state index >= 15 is 0 Å². The van der Waals surface area contributed by atoms with Gasteiger partial charge < -0.3 is 8.85 Å². The van der Waals surface area contributed by atoms with Crippen LogP contribution in [-0.4, -0.2) is 29.0 Å². The number of hydrogen-bond donors (Lipinski definition) is 0. The predicted molar refractivity (Wildman–Crippen MR) is 148 cm³/mol. The van der Waals surface area contributed by atoms with Crippen molar-refractivity contribution in [1.29, 1.82) is 0 Å². The Morgan fingerprint density at radius 3 is 2.09 bits per heavy atom. The lowest BCUT2D eigenvalue weighted by Crippen LogP contribution is -2.41. The van der Waals surface area contributed by atoms with Gasteiger partial charge in [0.1, 0.15) is 0 Å². The molecule has 0 atom stereocenters. The fourth-order valence-electron chi connectivity index (χ4n) is 2.81. The van der Waals surface area contributed by atoms with Gasteiger partial charge in [-0.15, -0.1) is 11.3 Å². The van der Waals surface area contributed by atoms with Gasteiger partial charge in [-0.3, -0.25) is 4.79 Å². The quantitative estimate of drug-likeness (QED) is 0.243. The fourth-order valence-corrected chi connectivity index (χ4v) is 5.86. The standard InChI is InChI=1S/C26H41ClO3SSi2/c1-25(2,3)32(7,8)29-14-13-19-11-12-21(27)16-23(19)24(28)20-15-22(31-18-20)17-30-33(9,10)26(4,5)6/h11-12,15-16,18H,13-14,17H2,1-10H3. The molecule has 0 amide bonds. The summed E-state index contributed by atoms with van der Waals surface area (Å²) in [6, 6.07) is 7.57. The summed E-state index contributed by atoms with van der Waals surface area (Å²) in [6.07, 6.45) is 0.691. The molecule has 0 N–H and O–H groups in total. The molecule has 0 aliphatic carbocycles. The van der Waals surface area contributed by atoms with Crippen molar-refractivity contribution in [2.45, 2.75) is 90.8 Å². The molecule has 7 heteroatoms. The van der Waals surface area contributed by atoms with E-state index in [0.29, 0.717) is 35.8 Å². The summed E-state index contributed by atoms with van der Waals surface area (Å²) >= 11 is 7.86. The number of thiophene rings is 1. The summed E-state index contributed by atoms with van der Waals surface area (Å²) in [5.41, 5.74) is 2.34. The monoisotopic (exact) mass is 524 g/mol. The van der Waals surface area contributed by atoms with Crippen LogP contribution in [0, 0.1) is 0 Å². The average molecular weight is 525 g/mol. The lowest BCUT2D eigenvalue weighted by Gasteiger charge is -2.36. The highest BCUT2D eigenvalue weighted by molar-refractivity contribution is 7.10. The number of halogens is 1. The van der Waals surface area contributed by atoms with Crippen molar-refractivity contribution in [3.05, 3.63) is 56.2 Å². The van der Waals surface area contributed by atoms with Crippen molar-refractivity contribution in [2.24, 2.45) is 0 Å². The minimum Gasteiger partial charge on any atom is -0.416 e. The molecule has 184 valence electrons. The summed E-state index contributed by atoms with van der Waals surface area (Å²) in [6.45, 7) is 23.6. The molecule has 1 aromatic heterocycles. The van der Waals surface area contributed by atoms with E-state index in [1.807, 2.05) is 23.6 Å². The molecule has 1 heterocycles. The zero-order valence-electron chi connectivity index (χ0n) is 22.0. The molecule has 0 unspecified atom stereocenters. The van der Waals surface area contributed by atoms with Gasteiger partial charge >= 0.3 is 0 Å². The van der Waals surface area contributed by atoms with Crippen molar-refractivity contribution >= 4 is 45.4 Å². The smallest absolute Gasteiger partial charge is 0.194 e. The van der Waals surface area contributed by atoms with Crippen LogP contribution in [0.15, 0.2) is 29.6 Å². The summed E-state index contributed by atoms with van der Waals surface area (Å²) < 4.78 is 12.7. The second kappa shape index (κ2) is 10.5. The highest BCUT2D eigenvalue weighted by atomic mass is 35.5. The third kappa shape index (κ3) is 7.36. The first kappa shape index (κ1) is 28.5. The first-order chi connectivity index (χ1) is 14.9. The molecule has 0 aliphatic rings. The van der Waals surface area contributed by atoms with Gasteiger partial charge in [0.15, 0.2) is 22.4 Å². The van der Waals surface area contributed by atoms with Crippen LogP contribution < -0.4 is 0 Å². The topological polar surface area (TPSA) is 35.5 Å². The largest absolute Gasteiger partial charge is 0.416 e. The van der Waals surface area contributed by atoms with E-state index in [0.717, 1.165) is 10.4 Å². The number of ketones is 1. The first-order valence-corrected chi connectivity index (χ1v) is 18.7. The van der Waals surface area contributed by atoms with E-state index in [-0.39, 0.29) is 15.9 Å². The maximum Gasteiger partial charge on any atom is 0.194 e. The van der Waals surface area contributed by atoms with Crippen LogP contribution in [0.4, 0.5) is 0 Å². The molecule has 0 bridgehead atoms. The maximum absolute atomic E-state index is 13.4. The van der Waals surface area contributed by atoms with Gasteiger partial charge in [-0.2, -0.15) is 0 Å². The van der Waals surface area contributed by atoms with Crippen molar-refractivity contribution in [3.63, 3.8) is 0 Å². The van der Waals surface area contributed by atoms with E-state index < -0.39 is 16.6 Å². The van der Waals surface area contributed by atoms with Crippen molar-refractivity contribution in [1.82, 2.24) is 0 Å². The van der Waals surface area contributed by atoms with Gasteiger partial charge in [0, 0.05) is 33.0 Å². The van der Waals surface area contributed by atoms with Crippen molar-refractivity contribution < 1.29 is 13.6 Å². The molecule has 0 aliphatic heterocycles. The van der Waals surface area contributed by atoms with Gasteiger partial charge in [0.25, 0.3) is 0 Å². The molecule has 0 saturated carbocycles. The summed E-state index contributed by atoms with van der Waals surface area (Å²) in [5, 5.41) is 2.82. The number of carbonyl (C=O) groups is 1. The molecule has 0 radical (unpaired) electrons. The Balaban J connectivity index is 2.15. The lowest BCUT2D eigenvalue weighted by molar-refractivity contribution is 0.103. The molecule has 1 aromatic carbocycles. The second-order valence-corrected chi connectivity index (χ2v) is 22.9. The zero-order chi connectivity index (χ0) is 25.2. The molecular weight excluding hydrogens is 484 g/mol. The van der Waals surface area contributed by atoms with Crippen LogP contribution in [0.2, 0.25) is 41.3 Å². The molecular formula is C26H41ClO3SSi2. The van der Waals surface area contributed by atoms with Crippen LogP contribution in [0.1, 0.15) is 67.9 Å². The summed E-state index contributed by atoms with van der Waals surface area (Å²) in [5.74, 6) is 0.00894. The Bertz CT molecular complexity index is 969. The minimum atomic E-state index is -1.84. The van der Waals surface area contributed by atoms with Crippen LogP contribution in [0.5, 0.6) is 0 Å². The number of carbonyl (C=O) groups excluding carboxylic acids is 1. The first-order valence-electron chi connectivity index (χ1n) is 11.6. The number of benzene rings is 1. The molecule has 2 aromatic rings. The molecule has 0 spiro atoms. The number of rotatable bonds is 9. The van der Waals surface area contributed by atoms with Gasteiger partial charge in [-0.1, -0.05) is 59.2 Å². The van der Waals surface area contributed by atoms with Gasteiger partial charge in [0.05, 0.1) is 6.61 Å². The molecule has 3 nitrogen and oxygen atoms in total.